The number of carbonyl (C=O) groups excluding carboxylic acids is 1. The lowest BCUT2D eigenvalue weighted by atomic mass is 9.82. The molecule has 0 saturated heterocycles. The van der Waals surface area contributed by atoms with Crippen molar-refractivity contribution in [3.63, 3.8) is 0 Å². The van der Waals surface area contributed by atoms with Gasteiger partial charge in [0.15, 0.2) is 0 Å². The molecule has 7 heteroatoms. The molecule has 0 aliphatic carbocycles. The zero-order valence-corrected chi connectivity index (χ0v) is 18.3. The van der Waals surface area contributed by atoms with Gasteiger partial charge in [-0.25, -0.2) is 9.59 Å². The molecule has 5 rings (SSSR count). The second-order valence-electron chi connectivity index (χ2n) is 7.70. The fourth-order valence-corrected chi connectivity index (χ4v) is 4.62. The molecule has 0 saturated carbocycles. The highest BCUT2D eigenvalue weighted by Crippen LogP contribution is 2.43. The van der Waals surface area contributed by atoms with Crippen LogP contribution >= 0.6 is 11.6 Å². The van der Waals surface area contributed by atoms with Crippen molar-refractivity contribution < 1.29 is 19.4 Å². The lowest BCUT2D eigenvalue weighted by molar-refractivity contribution is 0.0593. The molecule has 0 bridgehead atoms. The largest absolute Gasteiger partial charge is 0.477 e. The molecular formula is C26H19ClN2O4. The highest BCUT2D eigenvalue weighted by molar-refractivity contribution is 6.30. The minimum Gasteiger partial charge on any atom is -0.477 e. The molecule has 2 heterocycles. The summed E-state index contributed by atoms with van der Waals surface area (Å²) in [6.07, 6.45) is 0. The highest BCUT2D eigenvalue weighted by Gasteiger charge is 2.33. The fourth-order valence-electron chi connectivity index (χ4n) is 4.49. The van der Waals surface area contributed by atoms with Gasteiger partial charge >= 0.3 is 11.9 Å². The number of ether oxygens (including phenoxy) is 1. The first kappa shape index (κ1) is 20.8. The zero-order valence-electron chi connectivity index (χ0n) is 17.6. The number of carboxylic acids is 1. The SMILES string of the molecule is COC(=O)c1[nH]c2ccccc2c1C(c1ccc(Cl)cc1)c1c(C(=O)O)[nH]c2ccccc12. The summed E-state index contributed by atoms with van der Waals surface area (Å²) in [4.78, 5) is 31.4. The summed E-state index contributed by atoms with van der Waals surface area (Å²) in [5.41, 5.74) is 3.80. The molecule has 164 valence electrons. The van der Waals surface area contributed by atoms with Crippen molar-refractivity contribution in [1.29, 1.82) is 0 Å². The Morgan fingerprint density at radius 2 is 1.33 bits per heavy atom. The van der Waals surface area contributed by atoms with Gasteiger partial charge in [0.05, 0.1) is 7.11 Å². The second kappa shape index (κ2) is 8.15. The maximum atomic E-state index is 12.8. The van der Waals surface area contributed by atoms with Gasteiger partial charge in [0.1, 0.15) is 11.4 Å². The van der Waals surface area contributed by atoms with Gasteiger partial charge in [-0.1, -0.05) is 60.1 Å². The van der Waals surface area contributed by atoms with E-state index in [0.717, 1.165) is 21.9 Å². The van der Waals surface area contributed by atoms with Crippen LogP contribution in [0.4, 0.5) is 0 Å². The number of esters is 1. The van der Waals surface area contributed by atoms with E-state index in [1.807, 2.05) is 60.7 Å². The summed E-state index contributed by atoms with van der Waals surface area (Å²) in [6, 6.07) is 22.2. The molecule has 0 aliphatic rings. The Balaban J connectivity index is 1.93. The molecule has 0 radical (unpaired) electrons. The number of aromatic nitrogens is 2. The Kier molecular flexibility index (Phi) is 5.15. The summed E-state index contributed by atoms with van der Waals surface area (Å²) < 4.78 is 5.08. The number of nitrogens with one attached hydrogen (secondary N) is 2. The molecule has 3 N–H and O–H groups in total. The number of halogens is 1. The van der Waals surface area contributed by atoms with Crippen LogP contribution in [0.15, 0.2) is 72.8 Å². The van der Waals surface area contributed by atoms with Gasteiger partial charge in [0.2, 0.25) is 0 Å². The molecule has 33 heavy (non-hydrogen) atoms. The third kappa shape index (κ3) is 3.45. The van der Waals surface area contributed by atoms with E-state index in [0.29, 0.717) is 21.7 Å². The number of hydrogen-bond acceptors (Lipinski definition) is 3. The first-order valence-electron chi connectivity index (χ1n) is 10.3. The Labute approximate surface area is 193 Å². The molecule has 1 unspecified atom stereocenters. The Bertz CT molecular complexity index is 1510. The Hall–Kier alpha value is -4.03. The predicted octanol–water partition coefficient (Wildman–Crippen LogP) is 5.97. The maximum Gasteiger partial charge on any atom is 0.354 e. The molecule has 0 amide bonds. The van der Waals surface area contributed by atoms with E-state index in [4.69, 9.17) is 16.3 Å². The Morgan fingerprint density at radius 1 is 0.818 bits per heavy atom. The number of carbonyl (C=O) groups is 2. The number of rotatable bonds is 5. The maximum absolute atomic E-state index is 12.8. The van der Waals surface area contributed by atoms with Crippen molar-refractivity contribution in [1.82, 2.24) is 9.97 Å². The van der Waals surface area contributed by atoms with Crippen molar-refractivity contribution in [3.8, 4) is 0 Å². The zero-order chi connectivity index (χ0) is 23.1. The van der Waals surface area contributed by atoms with Crippen LogP contribution in [0.2, 0.25) is 5.02 Å². The number of para-hydroxylation sites is 2. The summed E-state index contributed by atoms with van der Waals surface area (Å²) in [6.45, 7) is 0. The second-order valence-corrected chi connectivity index (χ2v) is 8.14. The molecule has 0 aliphatic heterocycles. The number of methoxy groups -OCH3 is 1. The fraction of sp³-hybridized carbons (Fsp3) is 0.0769. The third-order valence-electron chi connectivity index (χ3n) is 5.88. The smallest absolute Gasteiger partial charge is 0.354 e. The predicted molar refractivity (Wildman–Crippen MR) is 127 cm³/mol. The number of aromatic carboxylic acids is 1. The van der Waals surface area contributed by atoms with Gasteiger partial charge in [-0.05, 0) is 29.8 Å². The number of benzene rings is 3. The average Bonchev–Trinajstić information content (AvgIpc) is 3.40. The van der Waals surface area contributed by atoms with Crippen LogP contribution in [0.1, 0.15) is 43.6 Å². The van der Waals surface area contributed by atoms with Gasteiger partial charge in [-0.15, -0.1) is 0 Å². The average molecular weight is 459 g/mol. The minimum atomic E-state index is -1.08. The number of H-pyrrole nitrogens is 2. The van der Waals surface area contributed by atoms with Crippen LogP contribution in [-0.4, -0.2) is 34.1 Å². The lowest BCUT2D eigenvalue weighted by Gasteiger charge is -2.20. The monoisotopic (exact) mass is 458 g/mol. The van der Waals surface area contributed by atoms with E-state index >= 15 is 0 Å². The first-order valence-corrected chi connectivity index (χ1v) is 10.7. The molecular weight excluding hydrogens is 440 g/mol. The van der Waals surface area contributed by atoms with Crippen LogP contribution in [0, 0.1) is 0 Å². The van der Waals surface area contributed by atoms with E-state index in [2.05, 4.69) is 9.97 Å². The van der Waals surface area contributed by atoms with Crippen LogP contribution < -0.4 is 0 Å². The van der Waals surface area contributed by atoms with E-state index in [1.54, 1.807) is 12.1 Å². The highest BCUT2D eigenvalue weighted by atomic mass is 35.5. The topological polar surface area (TPSA) is 95.2 Å². The quantitative estimate of drug-likeness (QED) is 0.283. The van der Waals surface area contributed by atoms with E-state index in [-0.39, 0.29) is 11.4 Å². The molecule has 3 aromatic carbocycles. The summed E-state index contributed by atoms with van der Waals surface area (Å²) in [5.74, 6) is -2.20. The summed E-state index contributed by atoms with van der Waals surface area (Å²) in [5, 5.41) is 12.2. The number of fused-ring (bicyclic) bond motifs is 2. The van der Waals surface area contributed by atoms with Crippen molar-refractivity contribution in [2.75, 3.05) is 7.11 Å². The summed E-state index contributed by atoms with van der Waals surface area (Å²) >= 11 is 6.16. The van der Waals surface area contributed by atoms with Crippen LogP contribution in [-0.2, 0) is 4.74 Å². The number of carboxylic acid groups (broad SMARTS) is 1. The standard InChI is InChI=1S/C26H19ClN2O4/c1-33-26(32)24-22(17-7-3-5-9-19(17)29-24)20(14-10-12-15(27)13-11-14)21-16-6-2-4-8-18(16)28-23(21)25(30)31/h2-13,20,28-29H,1H3,(H,30,31). The van der Waals surface area contributed by atoms with Gasteiger partial charge in [0.25, 0.3) is 0 Å². The normalized spacial score (nSPS) is 12.2. The third-order valence-corrected chi connectivity index (χ3v) is 6.13. The first-order chi connectivity index (χ1) is 16.0. The molecule has 6 nitrogen and oxygen atoms in total. The number of aromatic amines is 2. The van der Waals surface area contributed by atoms with Gasteiger partial charge in [0, 0.05) is 43.9 Å². The van der Waals surface area contributed by atoms with Crippen molar-refractivity contribution in [2.45, 2.75) is 5.92 Å². The minimum absolute atomic E-state index is 0.0669. The van der Waals surface area contributed by atoms with Gasteiger partial charge in [-0.2, -0.15) is 0 Å². The van der Waals surface area contributed by atoms with Crippen LogP contribution in [0.5, 0.6) is 0 Å². The molecule has 0 fully saturated rings. The van der Waals surface area contributed by atoms with Crippen LogP contribution in [0.25, 0.3) is 21.8 Å². The Morgan fingerprint density at radius 3 is 1.88 bits per heavy atom. The van der Waals surface area contributed by atoms with Crippen LogP contribution in [0.3, 0.4) is 0 Å². The molecule has 0 spiro atoms. The summed E-state index contributed by atoms with van der Waals surface area (Å²) in [7, 11) is 1.32. The van der Waals surface area contributed by atoms with Gasteiger partial charge < -0.3 is 19.8 Å². The molecule has 2 aromatic heterocycles. The van der Waals surface area contributed by atoms with Crippen molar-refractivity contribution in [2.24, 2.45) is 0 Å². The van der Waals surface area contributed by atoms with Crippen molar-refractivity contribution >= 4 is 45.3 Å². The van der Waals surface area contributed by atoms with Gasteiger partial charge in [-0.3, -0.25) is 0 Å². The molecule has 1 atom stereocenters. The van der Waals surface area contributed by atoms with E-state index in [1.165, 1.54) is 7.11 Å². The van der Waals surface area contributed by atoms with Crippen molar-refractivity contribution in [3.05, 3.63) is 106 Å². The van der Waals surface area contributed by atoms with E-state index in [9.17, 15) is 14.7 Å². The number of hydrogen-bond donors (Lipinski definition) is 3. The lowest BCUT2D eigenvalue weighted by Crippen LogP contribution is -2.13. The van der Waals surface area contributed by atoms with E-state index < -0.39 is 17.9 Å². The molecule has 5 aromatic rings.